The lowest BCUT2D eigenvalue weighted by Gasteiger charge is -2.19. The van der Waals surface area contributed by atoms with Gasteiger partial charge >= 0.3 is 18.2 Å². The predicted octanol–water partition coefficient (Wildman–Crippen LogP) is 9.73. The van der Waals surface area contributed by atoms with Crippen molar-refractivity contribution in [2.24, 2.45) is 0 Å². The summed E-state index contributed by atoms with van der Waals surface area (Å²) in [6.07, 6.45) is 6.69. The minimum Gasteiger partial charge on any atom is -0.410 e. The van der Waals surface area contributed by atoms with Crippen molar-refractivity contribution < 1.29 is 38.5 Å². The van der Waals surface area contributed by atoms with Crippen LogP contribution in [0, 0.1) is 0 Å². The van der Waals surface area contributed by atoms with Crippen molar-refractivity contribution in [2.75, 3.05) is 41.1 Å². The first-order valence-electron chi connectivity index (χ1n) is 20.9. The number of carbonyl (C=O) groups excluding carboxylic acids is 5. The molecule has 2 heterocycles. The van der Waals surface area contributed by atoms with Gasteiger partial charge in [-0.15, -0.1) is 0 Å². The summed E-state index contributed by atoms with van der Waals surface area (Å²) < 4.78 is 5.47. The molecule has 7 amide bonds. The molecule has 62 heavy (non-hydrogen) atoms. The smallest absolute Gasteiger partial charge is 0.410 e. The maximum absolute atomic E-state index is 12.7. The van der Waals surface area contributed by atoms with E-state index in [0.717, 1.165) is 66.5 Å². The van der Waals surface area contributed by atoms with Crippen LogP contribution in [-0.4, -0.2) is 59.6 Å². The maximum Gasteiger partial charge on any atom is 0.417 e. The molecule has 2 aliphatic heterocycles. The maximum atomic E-state index is 12.7. The minimum absolute atomic E-state index is 0.0582. The molecule has 14 heteroatoms. The Morgan fingerprint density at radius 1 is 0.500 bits per heavy atom. The summed E-state index contributed by atoms with van der Waals surface area (Å²) in [5.74, 6) is 0.358. The van der Waals surface area contributed by atoms with E-state index in [1.54, 1.807) is 36.4 Å². The summed E-state index contributed by atoms with van der Waals surface area (Å²) in [5.41, 5.74) is 6.91. The van der Waals surface area contributed by atoms with Crippen LogP contribution in [0.15, 0.2) is 121 Å². The van der Waals surface area contributed by atoms with E-state index < -0.39 is 12.1 Å². The number of ether oxygens (including phenoxy) is 1. The SMILES string of the molecule is O=C(Nc1ccc(Cc2ccc(NC(=O)N3CCCCCC3=O)cc2)cc1)Oc1cccc(OOCNc2ccc(Cc3ccc(NC(=O)N4CCCCCC4=O)cc3)cc2)c1. The van der Waals surface area contributed by atoms with Gasteiger partial charge < -0.3 is 25.6 Å². The Labute approximate surface area is 360 Å². The van der Waals surface area contributed by atoms with Crippen LogP contribution in [0.2, 0.25) is 0 Å². The molecular formula is C48H50N6O8. The molecule has 4 N–H and O–H groups in total. The van der Waals surface area contributed by atoms with Gasteiger partial charge in [-0.05, 0) is 121 Å². The Morgan fingerprint density at radius 3 is 1.42 bits per heavy atom. The van der Waals surface area contributed by atoms with Crippen LogP contribution in [0.1, 0.15) is 73.6 Å². The third kappa shape index (κ3) is 12.7. The number of hydrogen-bond donors (Lipinski definition) is 4. The fraction of sp³-hybridized carbons (Fsp3) is 0.271. The lowest BCUT2D eigenvalue weighted by atomic mass is 10.0. The molecule has 5 aromatic carbocycles. The van der Waals surface area contributed by atoms with Crippen molar-refractivity contribution in [3.05, 3.63) is 144 Å². The van der Waals surface area contributed by atoms with Crippen LogP contribution >= 0.6 is 0 Å². The number of imide groups is 2. The standard InChI is InChI=1S/C48H50N6O8/c55-44-10-3-1-5-28-53(44)46(57)50-39-22-14-35(15-23-39)30-34-12-20-38(21-13-34)49-33-60-62-43-9-7-8-42(32-43)61-48(59)52-41-26-18-37(19-27-41)31-36-16-24-40(25-17-36)51-47(58)54-29-6-2-4-11-45(54)56/h7-9,12-27,32,49H,1-6,10-11,28-31,33H2,(H,50,57)(H,51,58)(H,52,59). The molecule has 320 valence electrons. The van der Waals surface area contributed by atoms with Crippen LogP contribution in [0.3, 0.4) is 0 Å². The number of urea groups is 2. The van der Waals surface area contributed by atoms with Gasteiger partial charge in [0, 0.05) is 54.7 Å². The van der Waals surface area contributed by atoms with E-state index in [1.165, 1.54) is 9.80 Å². The second-order valence-electron chi connectivity index (χ2n) is 15.2. The Kier molecular flexibility index (Phi) is 14.8. The summed E-state index contributed by atoms with van der Waals surface area (Å²) in [6, 6.07) is 36.2. The van der Waals surface area contributed by atoms with Gasteiger partial charge in [-0.1, -0.05) is 67.4 Å². The molecule has 2 saturated heterocycles. The van der Waals surface area contributed by atoms with E-state index in [9.17, 15) is 24.0 Å². The number of amides is 7. The molecular weight excluding hydrogens is 789 g/mol. The van der Waals surface area contributed by atoms with Crippen molar-refractivity contribution >= 4 is 52.7 Å². The summed E-state index contributed by atoms with van der Waals surface area (Å²) in [6.45, 7) is 0.955. The summed E-state index contributed by atoms with van der Waals surface area (Å²) >= 11 is 0. The van der Waals surface area contributed by atoms with Crippen LogP contribution in [0.4, 0.5) is 37.1 Å². The van der Waals surface area contributed by atoms with Gasteiger partial charge in [0.25, 0.3) is 0 Å². The first-order valence-corrected chi connectivity index (χ1v) is 20.9. The summed E-state index contributed by atoms with van der Waals surface area (Å²) in [7, 11) is 0. The number of carbonyl (C=O) groups is 5. The zero-order valence-electron chi connectivity index (χ0n) is 34.4. The molecule has 2 aliphatic rings. The van der Waals surface area contributed by atoms with Crippen LogP contribution in [0.25, 0.3) is 0 Å². The van der Waals surface area contributed by atoms with Gasteiger partial charge in [-0.25, -0.2) is 14.4 Å². The van der Waals surface area contributed by atoms with Gasteiger partial charge in [-0.2, -0.15) is 4.89 Å². The number of hydrogen-bond acceptors (Lipinski definition) is 9. The molecule has 0 saturated carbocycles. The monoisotopic (exact) mass is 838 g/mol. The van der Waals surface area contributed by atoms with Crippen LogP contribution in [-0.2, 0) is 27.3 Å². The zero-order valence-corrected chi connectivity index (χ0v) is 34.4. The van der Waals surface area contributed by atoms with Crippen molar-refractivity contribution in [1.29, 1.82) is 0 Å². The van der Waals surface area contributed by atoms with Gasteiger partial charge in [0.15, 0.2) is 12.5 Å². The Bertz CT molecular complexity index is 2320. The largest absolute Gasteiger partial charge is 0.417 e. The lowest BCUT2D eigenvalue weighted by Crippen LogP contribution is -2.39. The second-order valence-corrected chi connectivity index (χ2v) is 15.2. The zero-order chi connectivity index (χ0) is 43.1. The third-order valence-corrected chi connectivity index (χ3v) is 10.5. The molecule has 0 aliphatic carbocycles. The van der Waals surface area contributed by atoms with E-state index in [2.05, 4.69) is 21.3 Å². The van der Waals surface area contributed by atoms with Crippen molar-refractivity contribution in [3.63, 3.8) is 0 Å². The third-order valence-electron chi connectivity index (χ3n) is 10.5. The van der Waals surface area contributed by atoms with Crippen molar-refractivity contribution in [3.8, 4) is 11.5 Å². The minimum atomic E-state index is -0.664. The molecule has 5 aromatic rings. The first-order chi connectivity index (χ1) is 30.2. The first kappa shape index (κ1) is 42.9. The highest BCUT2D eigenvalue weighted by Gasteiger charge is 2.24. The van der Waals surface area contributed by atoms with E-state index in [4.69, 9.17) is 14.5 Å². The van der Waals surface area contributed by atoms with Crippen LogP contribution < -0.4 is 30.9 Å². The topological polar surface area (TPSA) is 168 Å². The van der Waals surface area contributed by atoms with E-state index >= 15 is 0 Å². The van der Waals surface area contributed by atoms with Crippen LogP contribution in [0.5, 0.6) is 11.5 Å². The molecule has 0 radical (unpaired) electrons. The molecule has 0 spiro atoms. The number of nitrogens with zero attached hydrogens (tertiary/aromatic N) is 2. The Hall–Kier alpha value is -7.19. The van der Waals surface area contributed by atoms with E-state index in [0.29, 0.717) is 61.6 Å². The molecule has 7 rings (SSSR count). The highest BCUT2D eigenvalue weighted by atomic mass is 17.2. The molecule has 2 fully saturated rings. The molecule has 0 unspecified atom stereocenters. The summed E-state index contributed by atoms with van der Waals surface area (Å²) in [4.78, 5) is 75.9. The van der Waals surface area contributed by atoms with E-state index in [1.807, 2.05) is 84.9 Å². The average molecular weight is 839 g/mol. The highest BCUT2D eigenvalue weighted by Crippen LogP contribution is 2.23. The fourth-order valence-corrected chi connectivity index (χ4v) is 7.16. The van der Waals surface area contributed by atoms with E-state index in [-0.39, 0.29) is 30.3 Å². The molecule has 14 nitrogen and oxygen atoms in total. The van der Waals surface area contributed by atoms with Crippen molar-refractivity contribution in [2.45, 2.75) is 64.2 Å². The Morgan fingerprint density at radius 2 is 0.935 bits per heavy atom. The number of nitrogens with one attached hydrogen (secondary N) is 4. The quantitative estimate of drug-likeness (QED) is 0.0391. The molecule has 0 bridgehead atoms. The number of anilines is 4. The normalized spacial score (nSPS) is 14.3. The predicted molar refractivity (Wildman–Crippen MR) is 236 cm³/mol. The second kappa shape index (κ2) is 21.4. The fourth-order valence-electron chi connectivity index (χ4n) is 7.16. The summed E-state index contributed by atoms with van der Waals surface area (Å²) in [5, 5.41) is 11.5. The lowest BCUT2D eigenvalue weighted by molar-refractivity contribution is -0.199. The van der Waals surface area contributed by atoms with Gasteiger partial charge in [0.05, 0.1) is 0 Å². The molecule has 0 aromatic heterocycles. The highest BCUT2D eigenvalue weighted by molar-refractivity contribution is 6.02. The van der Waals surface area contributed by atoms with Crippen molar-refractivity contribution in [1.82, 2.24) is 9.80 Å². The Balaban J connectivity index is 0.792. The van der Waals surface area contributed by atoms with Gasteiger partial charge in [0.1, 0.15) is 5.75 Å². The average Bonchev–Trinajstić information content (AvgIpc) is 3.64. The number of benzene rings is 5. The number of likely N-dealkylation sites (tertiary alicyclic amines) is 2. The number of rotatable bonds is 13. The molecule has 0 atom stereocenters. The van der Waals surface area contributed by atoms with Gasteiger partial charge in [-0.3, -0.25) is 24.7 Å². The van der Waals surface area contributed by atoms with Gasteiger partial charge in [0.2, 0.25) is 11.8 Å².